The highest BCUT2D eigenvalue weighted by atomic mass is 16.5. The van der Waals surface area contributed by atoms with E-state index in [4.69, 9.17) is 9.15 Å². The van der Waals surface area contributed by atoms with Crippen LogP contribution in [0.4, 0.5) is 0 Å². The molecule has 200 valence electrons. The number of fused-ring (bicyclic) bond motifs is 2. The summed E-state index contributed by atoms with van der Waals surface area (Å²) in [5.41, 5.74) is 0.0992. The van der Waals surface area contributed by atoms with E-state index in [9.17, 15) is 24.3 Å². The molecule has 2 aliphatic heterocycles. The third-order valence-corrected chi connectivity index (χ3v) is 6.20. The van der Waals surface area contributed by atoms with Crippen LogP contribution in [0.25, 0.3) is 0 Å². The van der Waals surface area contributed by atoms with Crippen molar-refractivity contribution >= 4 is 23.6 Å². The van der Waals surface area contributed by atoms with Crippen LogP contribution in [0.5, 0.6) is 0 Å². The average Bonchev–Trinajstić information content (AvgIpc) is 3.52. The fraction of sp³-hybridized carbons (Fsp3) is 0.708. The van der Waals surface area contributed by atoms with Crippen LogP contribution in [0.15, 0.2) is 10.7 Å². The van der Waals surface area contributed by atoms with Crippen molar-refractivity contribution in [2.24, 2.45) is 5.92 Å². The van der Waals surface area contributed by atoms with Crippen LogP contribution in [-0.2, 0) is 19.1 Å². The summed E-state index contributed by atoms with van der Waals surface area (Å²) in [5.74, 6) is -1.71. The molecule has 0 saturated carbocycles. The molecule has 36 heavy (non-hydrogen) atoms. The molecule has 1 aromatic heterocycles. The largest absolute Gasteiger partial charge is 0.446 e. The molecule has 1 fully saturated rings. The summed E-state index contributed by atoms with van der Waals surface area (Å²) in [4.78, 5) is 55.7. The SMILES string of the molecule is CC(C)C[C@@H]1NC(=O)[C@H]([C@@H](C)O)NC(=O)[C@@H](NC(=O)[C@H]2CCCO2)CCCCNC(=O)c2coc1n2. The number of amides is 4. The minimum atomic E-state index is -1.28. The maximum atomic E-state index is 13.2. The lowest BCUT2D eigenvalue weighted by molar-refractivity contribution is -0.136. The number of carbonyl (C=O) groups excluding carboxylic acids is 4. The predicted octanol–water partition coefficient (Wildman–Crippen LogP) is 0.321. The molecule has 12 nitrogen and oxygen atoms in total. The number of aromatic nitrogens is 1. The first-order chi connectivity index (χ1) is 17.2. The van der Waals surface area contributed by atoms with Crippen LogP contribution in [-0.4, -0.2) is 71.2 Å². The maximum Gasteiger partial charge on any atom is 0.273 e. The fourth-order valence-electron chi connectivity index (χ4n) is 4.25. The second-order valence-electron chi connectivity index (χ2n) is 9.80. The summed E-state index contributed by atoms with van der Waals surface area (Å²) < 4.78 is 10.9. The van der Waals surface area contributed by atoms with E-state index in [2.05, 4.69) is 26.3 Å². The van der Waals surface area contributed by atoms with Crippen molar-refractivity contribution in [3.63, 3.8) is 0 Å². The lowest BCUT2D eigenvalue weighted by Gasteiger charge is -2.27. The van der Waals surface area contributed by atoms with Gasteiger partial charge in [-0.3, -0.25) is 19.2 Å². The van der Waals surface area contributed by atoms with Gasteiger partial charge in [0, 0.05) is 13.2 Å². The molecule has 2 bridgehead atoms. The molecule has 5 N–H and O–H groups in total. The first-order valence-corrected chi connectivity index (χ1v) is 12.6. The monoisotopic (exact) mass is 507 g/mol. The molecule has 4 amide bonds. The highest BCUT2D eigenvalue weighted by molar-refractivity contribution is 5.93. The van der Waals surface area contributed by atoms with E-state index < -0.39 is 48.1 Å². The second kappa shape index (κ2) is 12.8. The van der Waals surface area contributed by atoms with Gasteiger partial charge in [-0.05, 0) is 51.4 Å². The van der Waals surface area contributed by atoms with Gasteiger partial charge in [0.1, 0.15) is 30.5 Å². The van der Waals surface area contributed by atoms with Gasteiger partial charge in [-0.25, -0.2) is 4.98 Å². The quantitative estimate of drug-likeness (QED) is 0.379. The Morgan fingerprint density at radius 1 is 1.14 bits per heavy atom. The van der Waals surface area contributed by atoms with E-state index >= 15 is 0 Å². The van der Waals surface area contributed by atoms with Crippen LogP contribution in [0.3, 0.4) is 0 Å². The van der Waals surface area contributed by atoms with Gasteiger partial charge in [0.2, 0.25) is 23.6 Å². The average molecular weight is 508 g/mol. The molecule has 12 heteroatoms. The topological polar surface area (TPSA) is 172 Å². The Morgan fingerprint density at radius 3 is 2.58 bits per heavy atom. The second-order valence-corrected chi connectivity index (χ2v) is 9.80. The third kappa shape index (κ3) is 7.50. The van der Waals surface area contributed by atoms with E-state index in [0.29, 0.717) is 38.8 Å². The van der Waals surface area contributed by atoms with Crippen molar-refractivity contribution in [2.45, 2.75) is 89.6 Å². The van der Waals surface area contributed by atoms with E-state index in [1.807, 2.05) is 13.8 Å². The van der Waals surface area contributed by atoms with Gasteiger partial charge in [-0.2, -0.15) is 0 Å². The first kappa shape index (κ1) is 27.6. The van der Waals surface area contributed by atoms with Gasteiger partial charge in [0.05, 0.1) is 6.10 Å². The van der Waals surface area contributed by atoms with E-state index in [-0.39, 0.29) is 29.8 Å². The summed E-state index contributed by atoms with van der Waals surface area (Å²) in [5, 5.41) is 21.2. The molecule has 0 aliphatic carbocycles. The highest BCUT2D eigenvalue weighted by Gasteiger charge is 2.34. The molecular formula is C24H37N5O7. The van der Waals surface area contributed by atoms with Crippen molar-refractivity contribution in [3.05, 3.63) is 17.8 Å². The van der Waals surface area contributed by atoms with Crippen molar-refractivity contribution in [1.29, 1.82) is 0 Å². The van der Waals surface area contributed by atoms with Crippen molar-refractivity contribution in [2.75, 3.05) is 13.2 Å². The fourth-order valence-corrected chi connectivity index (χ4v) is 4.25. The van der Waals surface area contributed by atoms with E-state index in [1.165, 1.54) is 13.2 Å². The minimum absolute atomic E-state index is 0.0992. The first-order valence-electron chi connectivity index (χ1n) is 12.6. The smallest absolute Gasteiger partial charge is 0.273 e. The molecular weight excluding hydrogens is 470 g/mol. The zero-order valence-electron chi connectivity index (χ0n) is 21.0. The van der Waals surface area contributed by atoms with Gasteiger partial charge < -0.3 is 35.5 Å². The predicted molar refractivity (Wildman–Crippen MR) is 128 cm³/mol. The number of aliphatic hydroxyl groups is 1. The zero-order valence-corrected chi connectivity index (χ0v) is 21.0. The Labute approximate surface area is 210 Å². The Bertz CT molecular complexity index is 926. The zero-order chi connectivity index (χ0) is 26.2. The summed E-state index contributed by atoms with van der Waals surface area (Å²) in [7, 11) is 0. The molecule has 0 radical (unpaired) electrons. The van der Waals surface area contributed by atoms with Gasteiger partial charge in [-0.15, -0.1) is 0 Å². The summed E-state index contributed by atoms with van der Waals surface area (Å²) in [6.45, 7) is 6.14. The maximum absolute atomic E-state index is 13.2. The molecule has 0 aromatic carbocycles. The van der Waals surface area contributed by atoms with Crippen LogP contribution in [0, 0.1) is 5.92 Å². The number of hydrogen-bond acceptors (Lipinski definition) is 8. The standard InChI is InChI=1S/C24H37N5O7/c1-13(2)11-16-24-28-17(12-36-24)20(31)25-9-5-4-7-15(26-22(33)18-8-6-10-35-18)21(32)29-19(14(3)30)23(34)27-16/h12-16,18-19,30H,4-11H2,1-3H3,(H,25,31)(H,26,33)(H,27,34)(H,29,32)/t14-,15+,16+,18-,19+/m1/s1. The lowest BCUT2D eigenvalue weighted by atomic mass is 10.0. The summed E-state index contributed by atoms with van der Waals surface area (Å²) in [6.07, 6.45) is 2.54. The van der Waals surface area contributed by atoms with Crippen molar-refractivity contribution < 1.29 is 33.4 Å². The van der Waals surface area contributed by atoms with Crippen LogP contribution < -0.4 is 21.3 Å². The molecule has 3 rings (SSSR count). The summed E-state index contributed by atoms with van der Waals surface area (Å²) >= 11 is 0. The molecule has 1 aromatic rings. The number of rotatable bonds is 5. The molecule has 2 aliphatic rings. The number of oxazole rings is 1. The normalized spacial score (nSPS) is 27.2. The lowest BCUT2D eigenvalue weighted by Crippen LogP contribution is -2.58. The molecule has 0 unspecified atom stereocenters. The minimum Gasteiger partial charge on any atom is -0.446 e. The van der Waals surface area contributed by atoms with Gasteiger partial charge in [-0.1, -0.05) is 13.8 Å². The number of carbonyl (C=O) groups is 4. The van der Waals surface area contributed by atoms with Crippen LogP contribution in [0.1, 0.15) is 81.7 Å². The molecule has 1 saturated heterocycles. The number of ether oxygens (including phenoxy) is 1. The van der Waals surface area contributed by atoms with Gasteiger partial charge in [0.25, 0.3) is 5.91 Å². The number of nitrogens with one attached hydrogen (secondary N) is 4. The third-order valence-electron chi connectivity index (χ3n) is 6.20. The van der Waals surface area contributed by atoms with E-state index in [0.717, 1.165) is 6.42 Å². The van der Waals surface area contributed by atoms with Crippen LogP contribution in [0.2, 0.25) is 0 Å². The van der Waals surface area contributed by atoms with E-state index in [1.54, 1.807) is 0 Å². The highest BCUT2D eigenvalue weighted by Crippen LogP contribution is 2.22. The molecule has 3 heterocycles. The number of hydrogen-bond donors (Lipinski definition) is 5. The Kier molecular flexibility index (Phi) is 9.82. The van der Waals surface area contributed by atoms with Gasteiger partial charge in [0.15, 0.2) is 5.69 Å². The van der Waals surface area contributed by atoms with Gasteiger partial charge >= 0.3 is 0 Å². The summed E-state index contributed by atoms with van der Waals surface area (Å²) in [6, 6.07) is -2.89. The number of nitrogens with zero attached hydrogens (tertiary/aromatic N) is 1. The van der Waals surface area contributed by atoms with Crippen molar-refractivity contribution in [1.82, 2.24) is 26.3 Å². The Morgan fingerprint density at radius 2 is 1.92 bits per heavy atom. The van der Waals surface area contributed by atoms with Crippen molar-refractivity contribution in [3.8, 4) is 0 Å². The van der Waals surface area contributed by atoms with Crippen LogP contribution >= 0.6 is 0 Å². The molecule has 5 atom stereocenters. The Balaban J connectivity index is 1.83. The molecule has 0 spiro atoms. The Hall–Kier alpha value is -2.99. The number of aliphatic hydroxyl groups excluding tert-OH is 1.